The predicted octanol–water partition coefficient (Wildman–Crippen LogP) is 2.15. The number of aliphatic hydroxyl groups excluding tert-OH is 2. The largest absolute Gasteiger partial charge is 0.492 e. The van der Waals surface area contributed by atoms with Crippen molar-refractivity contribution in [2.75, 3.05) is 19.8 Å². The molecule has 1 atom stereocenters. The number of fused-ring (bicyclic) bond motifs is 1. The summed E-state index contributed by atoms with van der Waals surface area (Å²) >= 11 is 12.1. The third-order valence-corrected chi connectivity index (χ3v) is 3.79. The van der Waals surface area contributed by atoms with Gasteiger partial charge in [0.2, 0.25) is 0 Å². The molecule has 19 heavy (non-hydrogen) atoms. The molecule has 1 aromatic rings. The first-order chi connectivity index (χ1) is 8.99. The first kappa shape index (κ1) is 14.9. The number of aliphatic hydroxyl groups is 2. The number of ether oxygens (including phenoxy) is 1. The van der Waals surface area contributed by atoms with Gasteiger partial charge >= 0.3 is 0 Å². The Hall–Kier alpha value is -0.520. The summed E-state index contributed by atoms with van der Waals surface area (Å²) in [5.41, 5.74) is 0.102. The van der Waals surface area contributed by atoms with Gasteiger partial charge in [-0.1, -0.05) is 23.2 Å². The minimum absolute atomic E-state index is 0.0655. The zero-order valence-corrected chi connectivity index (χ0v) is 12.1. The second-order valence-corrected chi connectivity index (χ2v) is 5.86. The smallest absolute Gasteiger partial charge is 0.142 e. The number of rotatable bonds is 4. The zero-order valence-electron chi connectivity index (χ0n) is 10.6. The van der Waals surface area contributed by atoms with E-state index in [9.17, 15) is 10.2 Å². The van der Waals surface area contributed by atoms with E-state index in [1.165, 1.54) is 0 Å². The van der Waals surface area contributed by atoms with Crippen LogP contribution in [-0.4, -0.2) is 35.6 Å². The van der Waals surface area contributed by atoms with Crippen LogP contribution in [0.3, 0.4) is 0 Å². The maximum Gasteiger partial charge on any atom is 0.142 e. The zero-order chi connectivity index (χ0) is 14.0. The first-order valence-corrected chi connectivity index (χ1v) is 6.86. The summed E-state index contributed by atoms with van der Waals surface area (Å²) in [6.07, 6.45) is 0.721. The Bertz CT molecular complexity index is 463. The lowest BCUT2D eigenvalue weighted by Crippen LogP contribution is -2.51. The average Bonchev–Trinajstić information content (AvgIpc) is 2.39. The quantitative estimate of drug-likeness (QED) is 0.798. The van der Waals surface area contributed by atoms with Gasteiger partial charge in [0.25, 0.3) is 0 Å². The van der Waals surface area contributed by atoms with Gasteiger partial charge in [-0.2, -0.15) is 0 Å². The van der Waals surface area contributed by atoms with Crippen molar-refractivity contribution in [2.45, 2.75) is 24.9 Å². The number of benzene rings is 1. The summed E-state index contributed by atoms with van der Waals surface area (Å²) in [5, 5.41) is 23.0. The molecule has 1 aromatic carbocycles. The highest BCUT2D eigenvalue weighted by molar-refractivity contribution is 6.35. The molecule has 0 fully saturated rings. The average molecular weight is 306 g/mol. The molecule has 0 saturated heterocycles. The van der Waals surface area contributed by atoms with E-state index >= 15 is 0 Å². The van der Waals surface area contributed by atoms with Crippen molar-refractivity contribution >= 4 is 23.2 Å². The monoisotopic (exact) mass is 305 g/mol. The van der Waals surface area contributed by atoms with Gasteiger partial charge in [-0.15, -0.1) is 0 Å². The Morgan fingerprint density at radius 1 is 1.37 bits per heavy atom. The van der Waals surface area contributed by atoms with Crippen LogP contribution in [0, 0.1) is 0 Å². The molecule has 0 radical (unpaired) electrons. The Morgan fingerprint density at radius 2 is 2.05 bits per heavy atom. The minimum atomic E-state index is -0.756. The maximum atomic E-state index is 9.37. The fraction of sp³-hybridized carbons (Fsp3) is 0.538. The summed E-state index contributed by atoms with van der Waals surface area (Å²) in [5.74, 6) is 0.619. The van der Waals surface area contributed by atoms with E-state index in [-0.39, 0.29) is 19.3 Å². The van der Waals surface area contributed by atoms with Crippen molar-refractivity contribution < 1.29 is 14.9 Å². The summed E-state index contributed by atoms with van der Waals surface area (Å²) in [4.78, 5) is 0. The van der Waals surface area contributed by atoms with Crippen LogP contribution < -0.4 is 10.1 Å². The number of halogens is 2. The third kappa shape index (κ3) is 3.15. The first-order valence-electron chi connectivity index (χ1n) is 6.10. The lowest BCUT2D eigenvalue weighted by molar-refractivity contribution is 0.0866. The van der Waals surface area contributed by atoms with E-state index in [4.69, 9.17) is 27.9 Å². The third-order valence-electron chi connectivity index (χ3n) is 3.29. The summed E-state index contributed by atoms with van der Waals surface area (Å²) in [6, 6.07) is 3.38. The van der Waals surface area contributed by atoms with Crippen LogP contribution in [0.15, 0.2) is 12.1 Å². The van der Waals surface area contributed by atoms with E-state index in [0.29, 0.717) is 22.4 Å². The van der Waals surface area contributed by atoms with Gasteiger partial charge in [0, 0.05) is 23.0 Å². The van der Waals surface area contributed by atoms with Crippen LogP contribution in [0.1, 0.15) is 24.9 Å². The highest BCUT2D eigenvalue weighted by Crippen LogP contribution is 2.40. The summed E-state index contributed by atoms with van der Waals surface area (Å²) in [6.45, 7) is 1.96. The van der Waals surface area contributed by atoms with Gasteiger partial charge in [0.15, 0.2) is 0 Å². The van der Waals surface area contributed by atoms with Gasteiger partial charge < -0.3 is 20.3 Å². The molecular weight excluding hydrogens is 289 g/mol. The molecule has 1 aliphatic rings. The highest BCUT2D eigenvalue weighted by Gasteiger charge is 2.31. The molecule has 6 heteroatoms. The van der Waals surface area contributed by atoms with Crippen molar-refractivity contribution in [2.24, 2.45) is 0 Å². The van der Waals surface area contributed by atoms with Crippen LogP contribution in [0.25, 0.3) is 0 Å². The normalized spacial score (nSPS) is 18.9. The van der Waals surface area contributed by atoms with E-state index in [0.717, 1.165) is 12.0 Å². The van der Waals surface area contributed by atoms with Crippen LogP contribution in [-0.2, 0) is 0 Å². The topological polar surface area (TPSA) is 61.7 Å². The number of hydrogen-bond donors (Lipinski definition) is 3. The molecule has 0 amide bonds. The van der Waals surface area contributed by atoms with E-state index < -0.39 is 5.54 Å². The van der Waals surface area contributed by atoms with Crippen molar-refractivity contribution in [1.29, 1.82) is 0 Å². The highest BCUT2D eigenvalue weighted by atomic mass is 35.5. The van der Waals surface area contributed by atoms with Crippen LogP contribution in [0.5, 0.6) is 5.75 Å². The molecule has 0 spiro atoms. The van der Waals surface area contributed by atoms with Crippen molar-refractivity contribution in [1.82, 2.24) is 5.32 Å². The van der Waals surface area contributed by atoms with Gasteiger partial charge in [0.1, 0.15) is 5.75 Å². The number of hydrogen-bond acceptors (Lipinski definition) is 4. The molecule has 0 aliphatic carbocycles. The van der Waals surface area contributed by atoms with Gasteiger partial charge in [-0.3, -0.25) is 0 Å². The van der Waals surface area contributed by atoms with E-state index in [1.54, 1.807) is 19.1 Å². The summed E-state index contributed by atoms with van der Waals surface area (Å²) < 4.78 is 5.57. The van der Waals surface area contributed by atoms with E-state index in [2.05, 4.69) is 5.32 Å². The molecule has 1 heterocycles. The molecule has 0 saturated carbocycles. The Morgan fingerprint density at radius 3 is 2.68 bits per heavy atom. The van der Waals surface area contributed by atoms with Gasteiger partial charge in [-0.05, 0) is 19.1 Å². The molecule has 0 aromatic heterocycles. The van der Waals surface area contributed by atoms with Crippen LogP contribution >= 0.6 is 23.2 Å². The molecule has 106 valence electrons. The van der Waals surface area contributed by atoms with Crippen LogP contribution in [0.4, 0.5) is 0 Å². The fourth-order valence-electron chi connectivity index (χ4n) is 2.14. The van der Waals surface area contributed by atoms with Gasteiger partial charge in [-0.25, -0.2) is 0 Å². The molecule has 3 N–H and O–H groups in total. The molecule has 1 aliphatic heterocycles. The van der Waals surface area contributed by atoms with Crippen molar-refractivity contribution in [3.63, 3.8) is 0 Å². The van der Waals surface area contributed by atoms with Crippen molar-refractivity contribution in [3.05, 3.63) is 27.7 Å². The second-order valence-electron chi connectivity index (χ2n) is 5.02. The Balaban J connectivity index is 2.32. The maximum absolute atomic E-state index is 9.37. The van der Waals surface area contributed by atoms with E-state index in [1.807, 2.05) is 0 Å². The summed E-state index contributed by atoms with van der Waals surface area (Å²) in [7, 11) is 0. The fourth-order valence-corrected chi connectivity index (χ4v) is 2.70. The molecule has 2 rings (SSSR count). The standard InChI is InChI=1S/C13H17Cl2NO3/c1-13(6-17,7-18)16-11-2-3-19-12-9(11)4-8(14)5-10(12)15/h4-5,11,16-18H,2-3,6-7H2,1H3. The van der Waals surface area contributed by atoms with Gasteiger partial charge in [0.05, 0.1) is 30.4 Å². The molecule has 1 unspecified atom stereocenters. The molecule has 4 nitrogen and oxygen atoms in total. The molecule has 0 bridgehead atoms. The second kappa shape index (κ2) is 5.85. The minimum Gasteiger partial charge on any atom is -0.492 e. The van der Waals surface area contributed by atoms with Crippen LogP contribution in [0.2, 0.25) is 10.0 Å². The van der Waals surface area contributed by atoms with Crippen molar-refractivity contribution in [3.8, 4) is 5.75 Å². The lowest BCUT2D eigenvalue weighted by Gasteiger charge is -2.35. The predicted molar refractivity (Wildman–Crippen MR) is 75.0 cm³/mol. The SMILES string of the molecule is CC(CO)(CO)NC1CCOc2c(Cl)cc(Cl)cc21. The molecular formula is C13H17Cl2NO3. The lowest BCUT2D eigenvalue weighted by atomic mass is 9.95. The number of nitrogens with one attached hydrogen (secondary N) is 1. The Labute approximate surface area is 122 Å². The Kier molecular flexibility index (Phi) is 4.58.